The van der Waals surface area contributed by atoms with E-state index in [9.17, 15) is 45.0 Å². The first-order valence-electron chi connectivity index (χ1n) is 41.5. The third kappa shape index (κ3) is 19.3. The Bertz CT molecular complexity index is 5680. The minimum Gasteiger partial charge on any atom is -0.392 e. The van der Waals surface area contributed by atoms with Gasteiger partial charge in [-0.1, -0.05) is 97.6 Å². The average Bonchev–Trinajstić information content (AvgIpc) is 1.64. The Labute approximate surface area is 749 Å². The van der Waals surface area contributed by atoms with Crippen molar-refractivity contribution in [3.8, 4) is 0 Å². The molecular formula is C83H93Cl4F8N19O7S4. The molecule has 20 rings (SSSR count). The summed E-state index contributed by atoms with van der Waals surface area (Å²) in [5, 5.41) is 62.1. The highest BCUT2D eigenvalue weighted by Gasteiger charge is 2.59. The van der Waals surface area contributed by atoms with Crippen molar-refractivity contribution in [1.29, 1.82) is 0 Å². The van der Waals surface area contributed by atoms with Crippen LogP contribution in [0.25, 0.3) is 0 Å². The van der Waals surface area contributed by atoms with Crippen LogP contribution in [0.5, 0.6) is 0 Å². The fourth-order valence-corrected chi connectivity index (χ4v) is 24.8. The number of aryl methyl sites for hydroxylation is 4. The molecule has 0 amide bonds. The number of piperidine rings is 4. The highest BCUT2D eigenvalue weighted by molar-refractivity contribution is 7.17. The van der Waals surface area contributed by atoms with E-state index in [4.69, 9.17) is 70.1 Å². The standard InChI is InChI=1S/C22H23ClF2N4O2S.C21H27ClF2N4O2S.C20H23ClF2N6OS.C20H20ClF2N5O2S/c1-13-7-21(20-16(6-19(23)32-20)22(24,25)12-31-21)8-17(26-13)18-10-29(28-27-18)9-14-3-2-4-15(5-14)11-30;1-13-8-20(19-15(7-18(22)31-19)21(23,24)12-30-20)9-16(25-13)17-10-28(27-26-17)5-4-14-3-2-6-29-11-14;1-12-8-19(18-14(7-17(21)31-18)20(22,23)11-30-19)9-15(25-12)16-10-28(27-26-16)5-6-29-13(2)3-4-24-29;1-11-5-19(18-13(4-16(21)31-18)20(22,23)10-30-19)6-14(25-11)15-9-28(27-26-15)8-12-2-3-17(29)24-7-12/h2-6,10,13,17,26,30H,7-9,11-12H2,1H3;7,10,13-14,16,25H,2-6,8-9,11-12H2,1H3;3-4,7,10,12,15,25H,5-6,8-9,11H2,1-2H3;2-4,7,9,11,14,25H,5-6,8,10H2,1H3,(H,24,29)/t13-,17-,21-;13-,14?,16-,20-;12-,15-,19-;11-,14-,19-/m0000/s1. The van der Waals surface area contributed by atoms with E-state index < -0.39 is 72.5 Å². The summed E-state index contributed by atoms with van der Waals surface area (Å²) in [6, 6.07) is 17.8. The molecule has 0 bridgehead atoms. The molecule has 26 nitrogen and oxygen atoms in total. The molecule has 1 aromatic carbocycles. The van der Waals surface area contributed by atoms with Gasteiger partial charge >= 0.3 is 0 Å². The second-order valence-corrected chi connectivity index (χ2v) is 41.1. The van der Waals surface area contributed by atoms with Crippen LogP contribution >= 0.6 is 91.8 Å². The maximum absolute atomic E-state index is 14.5. The quantitative estimate of drug-likeness (QED) is 0.0520. The molecule has 10 aromatic heterocycles. The number of aliphatic hydroxyl groups is 1. The Kier molecular flexibility index (Phi) is 25.9. The molecule has 9 aliphatic heterocycles. The van der Waals surface area contributed by atoms with Crippen LogP contribution in [0.4, 0.5) is 35.1 Å². The number of alkyl halides is 8. The molecule has 1 unspecified atom stereocenters. The van der Waals surface area contributed by atoms with Gasteiger partial charge in [-0.2, -0.15) is 40.2 Å². The van der Waals surface area contributed by atoms with Crippen LogP contribution in [-0.4, -0.2) is 144 Å². The number of fused-ring (bicyclic) bond motifs is 8. The van der Waals surface area contributed by atoms with Crippen molar-refractivity contribution in [2.75, 3.05) is 39.6 Å². The van der Waals surface area contributed by atoms with Crippen LogP contribution in [-0.2, 0) is 109 Å². The molecule has 6 N–H and O–H groups in total. The summed E-state index contributed by atoms with van der Waals surface area (Å²) in [4.78, 5) is 16.0. The lowest BCUT2D eigenvalue weighted by Gasteiger charge is -2.47. The van der Waals surface area contributed by atoms with Crippen molar-refractivity contribution in [2.45, 2.75) is 239 Å². The maximum Gasteiger partial charge on any atom is 0.297 e. The summed E-state index contributed by atoms with van der Waals surface area (Å²) in [5.74, 6) is -11.6. The van der Waals surface area contributed by atoms with Crippen molar-refractivity contribution in [1.82, 2.24) is 96.0 Å². The summed E-state index contributed by atoms with van der Waals surface area (Å²) in [5.41, 5.74) is 3.39. The van der Waals surface area contributed by atoms with E-state index in [0.29, 0.717) is 126 Å². The second kappa shape index (κ2) is 36.0. The number of aliphatic hydroxyl groups excluding tert-OH is 1. The number of thiophene rings is 4. The van der Waals surface area contributed by atoms with Gasteiger partial charge in [0.25, 0.3) is 23.7 Å². The van der Waals surface area contributed by atoms with Crippen molar-refractivity contribution in [3.05, 3.63) is 219 Å². The number of H-pyrrole nitrogens is 1. The van der Waals surface area contributed by atoms with E-state index in [2.05, 4.69) is 72.6 Å². The van der Waals surface area contributed by atoms with Crippen molar-refractivity contribution in [3.63, 3.8) is 0 Å². The summed E-state index contributed by atoms with van der Waals surface area (Å²) in [6.45, 7) is 12.3. The van der Waals surface area contributed by atoms with Gasteiger partial charge in [0, 0.05) is 136 Å². The molecular weight excluding hydrogens is 1800 g/mol. The molecule has 0 radical (unpaired) electrons. The van der Waals surface area contributed by atoms with Gasteiger partial charge in [-0.3, -0.25) is 18.8 Å². The third-order valence-corrected chi connectivity index (χ3v) is 30.4. The minimum atomic E-state index is -3.05. The summed E-state index contributed by atoms with van der Waals surface area (Å²) >= 11 is 29.3. The first kappa shape index (κ1) is 89.9. The highest BCUT2D eigenvalue weighted by Crippen LogP contribution is 2.60. The molecule has 9 aliphatic rings. The highest BCUT2D eigenvalue weighted by atomic mass is 35.5. The minimum absolute atomic E-state index is 0.000142. The Morgan fingerprint density at radius 2 is 0.864 bits per heavy atom. The van der Waals surface area contributed by atoms with Crippen molar-refractivity contribution >= 4 is 91.8 Å². The van der Waals surface area contributed by atoms with Crippen LogP contribution in [0.2, 0.25) is 17.3 Å². The summed E-state index contributed by atoms with van der Waals surface area (Å²) in [6.07, 6.45) is 18.6. The number of aromatic amines is 1. The van der Waals surface area contributed by atoms with E-state index in [-0.39, 0.29) is 82.8 Å². The molecule has 13 atom stereocenters. The Morgan fingerprint density at radius 3 is 1.23 bits per heavy atom. The second-order valence-electron chi connectivity index (χ2n) is 34.3. The van der Waals surface area contributed by atoms with Crippen molar-refractivity contribution in [2.24, 2.45) is 5.92 Å². The summed E-state index contributed by atoms with van der Waals surface area (Å²) in [7, 11) is 0. The zero-order valence-electron chi connectivity index (χ0n) is 68.6. The predicted octanol–water partition coefficient (Wildman–Crippen LogP) is 16.6. The zero-order chi connectivity index (χ0) is 87.8. The molecule has 0 aliphatic carbocycles. The van der Waals surface area contributed by atoms with Crippen molar-refractivity contribution < 1.29 is 63.9 Å². The van der Waals surface area contributed by atoms with Gasteiger partial charge in [-0.25, -0.2) is 9.36 Å². The number of rotatable bonds is 15. The van der Waals surface area contributed by atoms with Crippen LogP contribution < -0.4 is 26.8 Å². The molecule has 19 heterocycles. The molecule has 42 heteroatoms. The first-order valence-corrected chi connectivity index (χ1v) is 46.3. The van der Waals surface area contributed by atoms with E-state index in [1.54, 1.807) is 32.5 Å². The molecule has 4 spiro atoms. The van der Waals surface area contributed by atoms with Gasteiger partial charge in [0.2, 0.25) is 5.56 Å². The lowest BCUT2D eigenvalue weighted by molar-refractivity contribution is -0.183. The number of nitrogens with zero attached hydrogens (tertiary/aromatic N) is 14. The van der Waals surface area contributed by atoms with E-state index in [1.165, 1.54) is 82.1 Å². The number of nitrogens with one attached hydrogen (secondary N) is 5. The van der Waals surface area contributed by atoms with Gasteiger partial charge in [0.05, 0.1) is 122 Å². The molecule has 670 valence electrons. The third-order valence-electron chi connectivity index (χ3n) is 24.6. The molecule has 0 saturated carbocycles. The average molecular weight is 1890 g/mol. The maximum atomic E-state index is 14.5. The molecule has 5 saturated heterocycles. The number of hydrogen-bond donors (Lipinski definition) is 6. The van der Waals surface area contributed by atoms with Crippen LogP contribution in [0.3, 0.4) is 0 Å². The SMILES string of the molecule is C[C@H]1C[C@@]2(C[C@@H](c3cn(CCC4CCCOC4)nn3)N1)OCC(F)(F)c1cc(Cl)sc12.C[C@H]1C[C@@]2(C[C@@H](c3cn(Cc4ccc(=O)[nH]c4)nn3)N1)OCC(F)(F)c1cc(Cl)sc12.C[C@H]1C[C@@]2(C[C@@H](c3cn(Cc4cccc(CO)c4)nn3)N1)OCC(F)(F)c1cc(Cl)sc12.Cc1ccnn1CCn1cc([C@@H]2C[C@]3(C[C@H](C)N2)OCC(F)(F)c2cc(Cl)sc23)nn1. The van der Waals surface area contributed by atoms with Crippen LogP contribution in [0, 0.1) is 12.8 Å². The Morgan fingerprint density at radius 1 is 0.480 bits per heavy atom. The lowest BCUT2D eigenvalue weighted by Crippen LogP contribution is -2.51. The first-order chi connectivity index (χ1) is 59.6. The largest absolute Gasteiger partial charge is 0.392 e. The Balaban J connectivity index is 0.000000118. The lowest BCUT2D eigenvalue weighted by atomic mass is 9.78. The number of aromatic nitrogens is 15. The number of halogens is 12. The van der Waals surface area contributed by atoms with Gasteiger partial charge in [-0.05, 0) is 133 Å². The van der Waals surface area contributed by atoms with Gasteiger partial charge in [0.1, 0.15) is 48.8 Å². The number of hydrogen-bond acceptors (Lipinski definition) is 24. The fourth-order valence-electron chi connectivity index (χ4n) is 19.0. The number of pyridine rings is 1. The van der Waals surface area contributed by atoms with Gasteiger partial charge < -0.3 is 55.0 Å². The predicted molar refractivity (Wildman–Crippen MR) is 455 cm³/mol. The van der Waals surface area contributed by atoms with Crippen LogP contribution in [0.15, 0.2) is 109 Å². The number of ether oxygens (including phenoxy) is 5. The Hall–Kier alpha value is -7.06. The molecule has 5 fully saturated rings. The molecule has 11 aromatic rings. The normalized spacial score (nSPS) is 28.6. The molecule has 125 heavy (non-hydrogen) atoms. The smallest absolute Gasteiger partial charge is 0.297 e. The number of benzene rings is 1. The van der Waals surface area contributed by atoms with E-state index >= 15 is 0 Å². The van der Waals surface area contributed by atoms with Crippen LogP contribution in [0.1, 0.15) is 209 Å². The van der Waals surface area contributed by atoms with Gasteiger partial charge in [-0.15, -0.1) is 65.7 Å². The topological polar surface area (TPSA) is 288 Å². The monoisotopic (exact) mass is 1890 g/mol. The zero-order valence-corrected chi connectivity index (χ0v) is 74.9. The van der Waals surface area contributed by atoms with E-state index in [0.717, 1.165) is 72.1 Å². The fraction of sp³-hybridized carbons (Fsp3) is 0.542. The van der Waals surface area contributed by atoms with Gasteiger partial charge in [0.15, 0.2) is 0 Å². The van der Waals surface area contributed by atoms with E-state index in [1.807, 2.05) is 99.1 Å². The summed E-state index contributed by atoms with van der Waals surface area (Å²) < 4.78 is 155.